The molecule has 0 bridgehead atoms. The van der Waals surface area contributed by atoms with E-state index >= 15 is 0 Å². The largest absolute Gasteiger partial charge is 0.399 e. The molecule has 0 aliphatic carbocycles. The molecule has 0 amide bonds. The normalized spacial score (nSPS) is 13.6. The highest BCUT2D eigenvalue weighted by atomic mass is 32.1. The van der Waals surface area contributed by atoms with Crippen LogP contribution in [0.25, 0.3) is 0 Å². The van der Waals surface area contributed by atoms with Crippen LogP contribution in [0.5, 0.6) is 0 Å². The zero-order chi connectivity index (χ0) is 17.1. The second-order valence-corrected chi connectivity index (χ2v) is 6.66. The van der Waals surface area contributed by atoms with E-state index in [0.29, 0.717) is 11.3 Å². The predicted octanol–water partition coefficient (Wildman–Crippen LogP) is 5.05. The van der Waals surface area contributed by atoms with E-state index < -0.39 is 11.6 Å². The van der Waals surface area contributed by atoms with E-state index in [4.69, 9.17) is 5.73 Å². The summed E-state index contributed by atoms with van der Waals surface area (Å²) in [6.45, 7) is 1.93. The van der Waals surface area contributed by atoms with Gasteiger partial charge in [-0.05, 0) is 53.8 Å². The number of hydrogen-bond acceptors (Lipinski definition) is 3. The summed E-state index contributed by atoms with van der Waals surface area (Å²) < 4.78 is 26.7. The smallest absolute Gasteiger partial charge is 0.159 e. The van der Waals surface area contributed by atoms with Gasteiger partial charge < -0.3 is 5.73 Å². The van der Waals surface area contributed by atoms with E-state index in [1.165, 1.54) is 6.07 Å². The fourth-order valence-electron chi connectivity index (χ4n) is 2.66. The minimum absolute atomic E-state index is 0.0726. The van der Waals surface area contributed by atoms with Gasteiger partial charge in [-0.15, -0.1) is 11.3 Å². The number of nitrogens with two attached hydrogens (primary N) is 1. The molecule has 3 N–H and O–H groups in total. The van der Waals surface area contributed by atoms with Gasteiger partial charge in [-0.3, -0.25) is 5.32 Å². The molecule has 3 aromatic rings. The van der Waals surface area contributed by atoms with Crippen LogP contribution in [0.4, 0.5) is 14.5 Å². The van der Waals surface area contributed by atoms with Gasteiger partial charge in [0.05, 0.1) is 6.04 Å². The first-order chi connectivity index (χ1) is 11.5. The van der Waals surface area contributed by atoms with Crippen molar-refractivity contribution in [2.75, 3.05) is 5.73 Å². The van der Waals surface area contributed by atoms with Crippen molar-refractivity contribution in [3.63, 3.8) is 0 Å². The number of benzene rings is 2. The van der Waals surface area contributed by atoms with E-state index in [2.05, 4.69) is 5.32 Å². The maximum absolute atomic E-state index is 13.5. The third kappa shape index (κ3) is 3.63. The van der Waals surface area contributed by atoms with Crippen LogP contribution < -0.4 is 11.1 Å². The Balaban J connectivity index is 1.90. The first-order valence-electron chi connectivity index (χ1n) is 7.64. The first kappa shape index (κ1) is 16.6. The van der Waals surface area contributed by atoms with Crippen LogP contribution in [0.2, 0.25) is 0 Å². The summed E-state index contributed by atoms with van der Waals surface area (Å²) in [5.74, 6) is -1.67. The molecule has 24 heavy (non-hydrogen) atoms. The Bertz CT molecular complexity index is 818. The van der Waals surface area contributed by atoms with Crippen molar-refractivity contribution in [1.29, 1.82) is 0 Å². The molecular weight excluding hydrogens is 326 g/mol. The lowest BCUT2D eigenvalue weighted by atomic mass is 10.0. The molecular formula is C19H18F2N2S. The molecule has 2 nitrogen and oxygen atoms in total. The van der Waals surface area contributed by atoms with Crippen molar-refractivity contribution in [3.05, 3.63) is 87.6 Å². The lowest BCUT2D eigenvalue weighted by Gasteiger charge is -2.24. The molecule has 1 aromatic heterocycles. The average Bonchev–Trinajstić information content (AvgIpc) is 3.09. The van der Waals surface area contributed by atoms with Gasteiger partial charge in [0.1, 0.15) is 0 Å². The lowest BCUT2D eigenvalue weighted by Crippen LogP contribution is -2.25. The summed E-state index contributed by atoms with van der Waals surface area (Å²) in [6, 6.07) is 15.5. The summed E-state index contributed by atoms with van der Waals surface area (Å²) in [6.07, 6.45) is 0. The Kier molecular flexibility index (Phi) is 4.92. The summed E-state index contributed by atoms with van der Waals surface area (Å²) in [5.41, 5.74) is 8.33. The van der Waals surface area contributed by atoms with Crippen molar-refractivity contribution in [1.82, 2.24) is 5.32 Å². The second-order valence-electron chi connectivity index (χ2n) is 5.68. The Labute approximate surface area is 144 Å². The predicted molar refractivity (Wildman–Crippen MR) is 94.9 cm³/mol. The number of anilines is 1. The van der Waals surface area contributed by atoms with Crippen molar-refractivity contribution in [2.24, 2.45) is 0 Å². The van der Waals surface area contributed by atoms with Gasteiger partial charge >= 0.3 is 0 Å². The van der Waals surface area contributed by atoms with Crippen molar-refractivity contribution >= 4 is 17.0 Å². The van der Waals surface area contributed by atoms with Crippen LogP contribution in [0.3, 0.4) is 0 Å². The molecule has 1 heterocycles. The number of hydrogen-bond donors (Lipinski definition) is 2. The summed E-state index contributed by atoms with van der Waals surface area (Å²) >= 11 is 1.64. The van der Waals surface area contributed by atoms with E-state index in [0.717, 1.165) is 16.5 Å². The maximum Gasteiger partial charge on any atom is 0.159 e. The zero-order valence-corrected chi connectivity index (χ0v) is 14.0. The van der Waals surface area contributed by atoms with Gasteiger partial charge in [0, 0.05) is 16.6 Å². The molecule has 0 spiro atoms. The van der Waals surface area contributed by atoms with Crippen LogP contribution in [-0.2, 0) is 0 Å². The van der Waals surface area contributed by atoms with Gasteiger partial charge in [0.25, 0.3) is 0 Å². The van der Waals surface area contributed by atoms with Crippen molar-refractivity contribution in [3.8, 4) is 0 Å². The van der Waals surface area contributed by atoms with Gasteiger partial charge in [0.15, 0.2) is 11.6 Å². The molecule has 0 saturated heterocycles. The Morgan fingerprint density at radius 2 is 1.79 bits per heavy atom. The minimum Gasteiger partial charge on any atom is -0.399 e. The van der Waals surface area contributed by atoms with E-state index in [1.807, 2.05) is 48.7 Å². The maximum atomic E-state index is 13.5. The first-order valence-corrected chi connectivity index (χ1v) is 8.52. The zero-order valence-electron chi connectivity index (χ0n) is 13.2. The van der Waals surface area contributed by atoms with E-state index in [-0.39, 0.29) is 12.1 Å². The molecule has 0 fully saturated rings. The third-order valence-corrected chi connectivity index (χ3v) is 4.87. The van der Waals surface area contributed by atoms with Crippen LogP contribution in [0, 0.1) is 11.6 Å². The standard InChI is InChI=1S/C19H18F2N2S/c1-12(13-7-8-16(20)17(21)11-13)23-19(18-6-3-9-24-18)14-4-2-5-15(22)10-14/h2-12,19,23H,22H2,1H3. The van der Waals surface area contributed by atoms with E-state index in [1.54, 1.807) is 17.4 Å². The van der Waals surface area contributed by atoms with Gasteiger partial charge in [-0.25, -0.2) is 8.78 Å². The average molecular weight is 344 g/mol. The highest BCUT2D eigenvalue weighted by Crippen LogP contribution is 2.30. The monoisotopic (exact) mass is 344 g/mol. The van der Waals surface area contributed by atoms with Gasteiger partial charge in [-0.1, -0.05) is 24.3 Å². The van der Waals surface area contributed by atoms with Crippen molar-refractivity contribution in [2.45, 2.75) is 19.0 Å². The Hall–Kier alpha value is -2.24. The number of rotatable bonds is 5. The SMILES string of the molecule is CC(NC(c1cccc(N)c1)c1cccs1)c1ccc(F)c(F)c1. The lowest BCUT2D eigenvalue weighted by molar-refractivity contribution is 0.492. The molecule has 0 saturated carbocycles. The number of thiophene rings is 1. The third-order valence-electron chi connectivity index (χ3n) is 3.93. The number of nitrogens with one attached hydrogen (secondary N) is 1. The highest BCUT2D eigenvalue weighted by molar-refractivity contribution is 7.10. The Morgan fingerprint density at radius 1 is 0.958 bits per heavy atom. The van der Waals surface area contributed by atoms with Gasteiger partial charge in [0.2, 0.25) is 0 Å². The number of nitrogen functional groups attached to an aromatic ring is 1. The van der Waals surface area contributed by atoms with E-state index in [9.17, 15) is 8.78 Å². The highest BCUT2D eigenvalue weighted by Gasteiger charge is 2.19. The molecule has 2 atom stereocenters. The molecule has 2 aromatic carbocycles. The molecule has 5 heteroatoms. The molecule has 0 radical (unpaired) electrons. The molecule has 2 unspecified atom stereocenters. The summed E-state index contributed by atoms with van der Waals surface area (Å²) in [5, 5.41) is 5.50. The molecule has 3 rings (SSSR count). The quantitative estimate of drug-likeness (QED) is 0.636. The molecule has 0 aliphatic rings. The fraction of sp³-hybridized carbons (Fsp3) is 0.158. The van der Waals surface area contributed by atoms with Crippen LogP contribution in [0.1, 0.15) is 35.0 Å². The Morgan fingerprint density at radius 3 is 2.46 bits per heavy atom. The fourth-order valence-corrected chi connectivity index (χ4v) is 3.48. The topological polar surface area (TPSA) is 38.0 Å². The second kappa shape index (κ2) is 7.11. The van der Waals surface area contributed by atoms with Crippen LogP contribution in [-0.4, -0.2) is 0 Å². The van der Waals surface area contributed by atoms with Crippen LogP contribution >= 0.6 is 11.3 Å². The number of halogens is 2. The summed E-state index contributed by atoms with van der Waals surface area (Å²) in [4.78, 5) is 1.13. The molecule has 124 valence electrons. The van der Waals surface area contributed by atoms with Gasteiger partial charge in [-0.2, -0.15) is 0 Å². The van der Waals surface area contributed by atoms with Crippen LogP contribution in [0.15, 0.2) is 60.0 Å². The molecule has 0 aliphatic heterocycles. The summed E-state index contributed by atoms with van der Waals surface area (Å²) in [7, 11) is 0. The minimum atomic E-state index is -0.836. The van der Waals surface area contributed by atoms with Crippen molar-refractivity contribution < 1.29 is 8.78 Å².